The lowest BCUT2D eigenvalue weighted by atomic mass is 10.1. The number of carboxylic acids is 1. The van der Waals surface area contributed by atoms with Crippen LogP contribution in [0.4, 0.5) is 4.39 Å². The second-order valence-electron chi connectivity index (χ2n) is 2.99. The van der Waals surface area contributed by atoms with Crippen LogP contribution in [0.15, 0.2) is 11.5 Å². The highest BCUT2D eigenvalue weighted by atomic mass is 32.2. The lowest BCUT2D eigenvalue weighted by molar-refractivity contribution is -0.148. The summed E-state index contributed by atoms with van der Waals surface area (Å²) in [5.41, 5.74) is 4.88. The third-order valence-electron chi connectivity index (χ3n) is 2.17. The molecule has 76 valence electrons. The first-order valence-corrected chi connectivity index (χ1v) is 4.91. The molecule has 0 saturated carbocycles. The van der Waals surface area contributed by atoms with Gasteiger partial charge in [0.25, 0.3) is 0 Å². The summed E-state index contributed by atoms with van der Waals surface area (Å²) in [6, 6.07) is -0.706. The van der Waals surface area contributed by atoms with Crippen LogP contribution in [0.25, 0.3) is 0 Å². The molecule has 1 amide bonds. The van der Waals surface area contributed by atoms with Gasteiger partial charge in [0.1, 0.15) is 17.2 Å². The van der Waals surface area contributed by atoms with E-state index in [2.05, 4.69) is 0 Å². The van der Waals surface area contributed by atoms with Crippen molar-refractivity contribution in [3.05, 3.63) is 11.5 Å². The minimum Gasteiger partial charge on any atom is -0.476 e. The van der Waals surface area contributed by atoms with Crippen LogP contribution in [-0.2, 0) is 9.59 Å². The number of amides is 1. The van der Waals surface area contributed by atoms with Gasteiger partial charge in [-0.2, -0.15) is 0 Å². The minimum absolute atomic E-state index is 0.0379. The Morgan fingerprint density at radius 3 is 2.93 bits per heavy atom. The summed E-state index contributed by atoms with van der Waals surface area (Å²) >= 11 is 1.14. The first-order valence-electron chi connectivity index (χ1n) is 3.86. The molecule has 2 aliphatic heterocycles. The molecule has 5 nitrogen and oxygen atoms in total. The minimum atomic E-state index is -1.42. The Hall–Kier alpha value is -1.08. The standard InChI is InChI=1S/C7H7FN2O3S/c8-2-1-14-6-3(9)5(11)10(6)4(2)7(12)13/h3,6H,1,9H2,(H,12,13)/t3?,6-/m1/s1. The Morgan fingerprint density at radius 1 is 1.71 bits per heavy atom. The maximum absolute atomic E-state index is 13.1. The molecule has 0 aromatic carbocycles. The topological polar surface area (TPSA) is 83.6 Å². The van der Waals surface area contributed by atoms with Crippen LogP contribution in [0.1, 0.15) is 0 Å². The van der Waals surface area contributed by atoms with Crippen molar-refractivity contribution in [3.63, 3.8) is 0 Å². The van der Waals surface area contributed by atoms with Crippen molar-refractivity contribution in [1.29, 1.82) is 0 Å². The fourth-order valence-corrected chi connectivity index (χ4v) is 2.61. The lowest BCUT2D eigenvalue weighted by Crippen LogP contribution is -2.68. The van der Waals surface area contributed by atoms with Gasteiger partial charge in [-0.3, -0.25) is 9.69 Å². The van der Waals surface area contributed by atoms with E-state index in [1.165, 1.54) is 0 Å². The highest BCUT2D eigenvalue weighted by Gasteiger charge is 2.52. The van der Waals surface area contributed by atoms with Gasteiger partial charge in [-0.25, -0.2) is 9.18 Å². The molecule has 7 heteroatoms. The van der Waals surface area contributed by atoms with Crippen molar-refractivity contribution < 1.29 is 19.1 Å². The van der Waals surface area contributed by atoms with Gasteiger partial charge in [-0.1, -0.05) is 0 Å². The van der Waals surface area contributed by atoms with E-state index < -0.39 is 34.8 Å². The maximum Gasteiger partial charge on any atom is 0.355 e. The molecule has 0 aliphatic carbocycles. The zero-order chi connectivity index (χ0) is 10.5. The molecule has 1 unspecified atom stereocenters. The Morgan fingerprint density at radius 2 is 2.36 bits per heavy atom. The fourth-order valence-electron chi connectivity index (χ4n) is 1.48. The Balaban J connectivity index is 2.37. The van der Waals surface area contributed by atoms with Gasteiger partial charge in [-0.05, 0) is 0 Å². The number of hydrogen-bond acceptors (Lipinski definition) is 4. The van der Waals surface area contributed by atoms with Crippen LogP contribution < -0.4 is 5.73 Å². The third kappa shape index (κ3) is 1.05. The molecule has 0 radical (unpaired) electrons. The number of fused-ring (bicyclic) bond motifs is 1. The molecule has 2 atom stereocenters. The van der Waals surface area contributed by atoms with Crippen molar-refractivity contribution in [2.24, 2.45) is 5.73 Å². The van der Waals surface area contributed by atoms with Gasteiger partial charge >= 0.3 is 5.97 Å². The molecule has 1 saturated heterocycles. The third-order valence-corrected chi connectivity index (χ3v) is 3.43. The number of rotatable bonds is 1. The highest BCUT2D eigenvalue weighted by Crippen LogP contribution is 2.39. The number of nitrogens with two attached hydrogens (primary N) is 1. The van der Waals surface area contributed by atoms with Crippen molar-refractivity contribution in [3.8, 4) is 0 Å². The zero-order valence-electron chi connectivity index (χ0n) is 6.94. The quantitative estimate of drug-likeness (QED) is 0.579. The summed E-state index contributed by atoms with van der Waals surface area (Å²) in [4.78, 5) is 22.8. The lowest BCUT2D eigenvalue weighted by Gasteiger charge is -2.46. The van der Waals surface area contributed by atoms with E-state index in [0.29, 0.717) is 0 Å². The van der Waals surface area contributed by atoms with Crippen molar-refractivity contribution >= 4 is 23.6 Å². The Labute approximate surface area is 82.7 Å². The largest absolute Gasteiger partial charge is 0.476 e. The summed E-state index contributed by atoms with van der Waals surface area (Å²) < 4.78 is 13.1. The number of carbonyl (C=O) groups is 2. The normalized spacial score (nSPS) is 31.3. The van der Waals surface area contributed by atoms with E-state index in [1.54, 1.807) is 0 Å². The van der Waals surface area contributed by atoms with Crippen LogP contribution in [-0.4, -0.2) is 39.1 Å². The Bertz CT molecular complexity index is 357. The number of carbonyl (C=O) groups excluding carboxylic acids is 1. The van der Waals surface area contributed by atoms with E-state index in [-0.39, 0.29) is 5.75 Å². The van der Waals surface area contributed by atoms with Gasteiger partial charge in [0.15, 0.2) is 5.70 Å². The van der Waals surface area contributed by atoms with Crippen LogP contribution in [0.2, 0.25) is 0 Å². The van der Waals surface area contributed by atoms with Crippen molar-refractivity contribution in [1.82, 2.24) is 4.90 Å². The second-order valence-corrected chi connectivity index (χ2v) is 4.10. The molecule has 3 N–H and O–H groups in total. The molecule has 2 heterocycles. The van der Waals surface area contributed by atoms with E-state index >= 15 is 0 Å². The number of carboxylic acid groups (broad SMARTS) is 1. The number of nitrogens with zero attached hydrogens (tertiary/aromatic N) is 1. The summed E-state index contributed by atoms with van der Waals surface area (Å²) in [6.45, 7) is 0. The van der Waals surface area contributed by atoms with Gasteiger partial charge in [-0.15, -0.1) is 11.8 Å². The average molecular weight is 218 g/mol. The first kappa shape index (κ1) is 9.47. The number of aliphatic carboxylic acids is 1. The van der Waals surface area contributed by atoms with Crippen molar-refractivity contribution in [2.45, 2.75) is 11.4 Å². The summed E-state index contributed by atoms with van der Waals surface area (Å²) in [5.74, 6) is -2.77. The Kier molecular flexibility index (Phi) is 2.00. The van der Waals surface area contributed by atoms with Gasteiger partial charge in [0.2, 0.25) is 5.91 Å². The number of β-lactam (4-membered cyclic amide) rings is 1. The van der Waals surface area contributed by atoms with Gasteiger partial charge in [0.05, 0.1) is 0 Å². The summed E-state index contributed by atoms with van der Waals surface area (Å²) in [6.07, 6.45) is 0. The second kappa shape index (κ2) is 2.96. The summed E-state index contributed by atoms with van der Waals surface area (Å²) in [7, 11) is 0. The number of hydrogen-bond donors (Lipinski definition) is 2. The first-order chi connectivity index (χ1) is 6.54. The predicted octanol–water partition coefficient (Wildman–Crippen LogP) is -0.505. The fraction of sp³-hybridized carbons (Fsp3) is 0.429. The number of halogens is 1. The molecule has 0 aromatic rings. The molecule has 0 aromatic heterocycles. The van der Waals surface area contributed by atoms with E-state index in [1.807, 2.05) is 0 Å². The number of thioether (sulfide) groups is 1. The monoisotopic (exact) mass is 218 g/mol. The molecule has 2 aliphatic rings. The van der Waals surface area contributed by atoms with E-state index in [4.69, 9.17) is 10.8 Å². The van der Waals surface area contributed by atoms with E-state index in [9.17, 15) is 14.0 Å². The highest BCUT2D eigenvalue weighted by molar-refractivity contribution is 8.00. The maximum atomic E-state index is 13.1. The van der Waals surface area contributed by atoms with Gasteiger partial charge in [0, 0.05) is 5.75 Å². The van der Waals surface area contributed by atoms with Crippen LogP contribution in [0, 0.1) is 0 Å². The summed E-state index contributed by atoms with van der Waals surface area (Å²) in [5, 5.41) is 8.27. The molecular weight excluding hydrogens is 211 g/mol. The SMILES string of the molecule is NC1C(=O)N2C(C(=O)O)=C(F)CS[C@H]12. The average Bonchev–Trinajstić information content (AvgIpc) is 2.15. The molecule has 1 fully saturated rings. The predicted molar refractivity (Wildman–Crippen MR) is 46.8 cm³/mol. The van der Waals surface area contributed by atoms with Gasteiger partial charge < -0.3 is 10.8 Å². The van der Waals surface area contributed by atoms with E-state index in [0.717, 1.165) is 16.7 Å². The molecule has 0 spiro atoms. The van der Waals surface area contributed by atoms with Crippen LogP contribution in [0.5, 0.6) is 0 Å². The molecule has 14 heavy (non-hydrogen) atoms. The van der Waals surface area contributed by atoms with Crippen LogP contribution >= 0.6 is 11.8 Å². The van der Waals surface area contributed by atoms with Crippen molar-refractivity contribution in [2.75, 3.05) is 5.75 Å². The smallest absolute Gasteiger partial charge is 0.355 e. The zero-order valence-corrected chi connectivity index (χ0v) is 7.75. The molecule has 2 rings (SSSR count). The van der Waals surface area contributed by atoms with Crippen LogP contribution in [0.3, 0.4) is 0 Å². The molecule has 0 bridgehead atoms. The molecular formula is C7H7FN2O3S.